The highest BCUT2D eigenvalue weighted by Crippen LogP contribution is 2.49. The van der Waals surface area contributed by atoms with E-state index in [9.17, 15) is 9.42 Å². The van der Waals surface area contributed by atoms with E-state index in [1.807, 2.05) is 45.9 Å². The summed E-state index contributed by atoms with van der Waals surface area (Å²) in [6.07, 6.45) is 2.00. The molecule has 1 saturated heterocycles. The van der Waals surface area contributed by atoms with E-state index in [2.05, 4.69) is 45.0 Å². The fourth-order valence-corrected chi connectivity index (χ4v) is 6.47. The largest absolute Gasteiger partial charge is 0.444 e. The van der Waals surface area contributed by atoms with Crippen LogP contribution >= 0.6 is 0 Å². The van der Waals surface area contributed by atoms with Gasteiger partial charge >= 0.3 is 0 Å². The van der Waals surface area contributed by atoms with Gasteiger partial charge in [0.1, 0.15) is 0 Å². The van der Waals surface area contributed by atoms with Crippen LogP contribution in [0, 0.1) is 4.78 Å². The molecule has 2 aliphatic rings. The van der Waals surface area contributed by atoms with Crippen molar-refractivity contribution in [1.82, 2.24) is 15.3 Å². The van der Waals surface area contributed by atoms with Gasteiger partial charge in [-0.05, 0) is 98.2 Å². The lowest BCUT2D eigenvalue weighted by atomic mass is 9.77. The van der Waals surface area contributed by atoms with Gasteiger partial charge in [-0.3, -0.25) is 4.90 Å². The van der Waals surface area contributed by atoms with Crippen LogP contribution in [0.5, 0.6) is 0 Å². The first-order chi connectivity index (χ1) is 14.0. The van der Waals surface area contributed by atoms with Crippen LogP contribution in [-0.4, -0.2) is 40.7 Å². The van der Waals surface area contributed by atoms with E-state index in [4.69, 9.17) is 4.78 Å². The molecule has 7 heteroatoms. The lowest BCUT2D eigenvalue weighted by Crippen LogP contribution is -2.62. The van der Waals surface area contributed by atoms with Gasteiger partial charge in [0, 0.05) is 17.1 Å². The summed E-state index contributed by atoms with van der Waals surface area (Å²) in [5.74, 6) is 0. The van der Waals surface area contributed by atoms with Gasteiger partial charge in [-0.15, -0.1) is 10.3 Å². The fraction of sp³-hybridized carbons (Fsp3) is 0.750. The van der Waals surface area contributed by atoms with Crippen LogP contribution in [0.25, 0.3) is 0 Å². The highest BCUT2D eigenvalue weighted by atomic mass is 32.2. The van der Waals surface area contributed by atoms with Gasteiger partial charge in [-0.1, -0.05) is 23.8 Å². The van der Waals surface area contributed by atoms with Crippen LogP contribution < -0.4 is 5.32 Å². The molecule has 2 aliphatic heterocycles. The Hall–Kier alpha value is -0.990. The summed E-state index contributed by atoms with van der Waals surface area (Å²) in [5, 5.41) is 17.3. The van der Waals surface area contributed by atoms with Gasteiger partial charge in [0.25, 0.3) is 0 Å². The molecular weight excluding hydrogens is 408 g/mol. The molecule has 31 heavy (non-hydrogen) atoms. The van der Waals surface area contributed by atoms with Gasteiger partial charge < -0.3 is 14.3 Å². The molecule has 6 nitrogen and oxygen atoms in total. The van der Waals surface area contributed by atoms with Crippen molar-refractivity contribution in [3.05, 3.63) is 34.9 Å². The Bertz CT molecular complexity index is 894. The number of hydrogen-bond acceptors (Lipinski definition) is 6. The molecule has 2 N–H and O–H groups in total. The minimum Gasteiger partial charge on any atom is -0.444 e. The lowest BCUT2D eigenvalue weighted by Gasteiger charge is -2.54. The molecular formula is C24H40N4O2S-. The standard InChI is InChI=1S/C24H40N4O2S/c1-21(2)13-17(14-22(3,4)27(21)9)26-15-20(31(25)30)16-10-11-18-19(12-16)24(7,8)28(29)23(18,5)6/h10-12,17,20,25-26H,13-15H2,1-9H3/q-1. The summed E-state index contributed by atoms with van der Waals surface area (Å²) in [5.41, 5.74) is 1.73. The maximum absolute atomic E-state index is 12.9. The highest BCUT2D eigenvalue weighted by Gasteiger charge is 2.50. The molecule has 1 atom stereocenters. The first-order valence-electron chi connectivity index (χ1n) is 11.2. The van der Waals surface area contributed by atoms with Crippen molar-refractivity contribution in [3.8, 4) is 0 Å². The highest BCUT2D eigenvalue weighted by molar-refractivity contribution is 7.73. The molecule has 0 aliphatic carbocycles. The molecule has 1 aromatic rings. The molecule has 3 rings (SSSR count). The predicted molar refractivity (Wildman–Crippen MR) is 125 cm³/mol. The third-order valence-corrected chi connectivity index (χ3v) is 8.86. The van der Waals surface area contributed by atoms with E-state index in [0.29, 0.717) is 12.6 Å². The second-order valence-corrected chi connectivity index (χ2v) is 12.9. The summed E-state index contributed by atoms with van der Waals surface area (Å²) in [4.78, 5) is 2.44. The van der Waals surface area contributed by atoms with Gasteiger partial charge in [-0.25, -0.2) is 0 Å². The number of likely N-dealkylation sites (tertiary alicyclic amines) is 1. The van der Waals surface area contributed by atoms with Crippen molar-refractivity contribution >= 4 is 10.6 Å². The maximum Gasteiger partial charge on any atom is 0.0699 e. The Morgan fingerprint density at radius 2 is 1.55 bits per heavy atom. The second kappa shape index (κ2) is 7.80. The van der Waals surface area contributed by atoms with Gasteiger partial charge in [0.15, 0.2) is 0 Å². The molecule has 0 bridgehead atoms. The van der Waals surface area contributed by atoms with E-state index < -0.39 is 26.9 Å². The second-order valence-electron chi connectivity index (χ2n) is 11.7. The summed E-state index contributed by atoms with van der Waals surface area (Å²) in [6, 6.07) is 6.26. The number of hydrogen-bond donors (Lipinski definition) is 2. The third-order valence-electron chi connectivity index (χ3n) is 7.91. The van der Waals surface area contributed by atoms with Crippen molar-refractivity contribution in [1.29, 1.82) is 4.78 Å². The molecule has 0 saturated carbocycles. The number of hydroxylamine groups is 2. The van der Waals surface area contributed by atoms with E-state index in [-0.39, 0.29) is 11.1 Å². The van der Waals surface area contributed by atoms with Crippen LogP contribution in [0.2, 0.25) is 0 Å². The van der Waals surface area contributed by atoms with Crippen LogP contribution in [0.1, 0.15) is 90.2 Å². The van der Waals surface area contributed by atoms with Crippen LogP contribution in [-0.2, 0) is 31.1 Å². The number of benzene rings is 1. The number of nitrogens with one attached hydrogen (secondary N) is 2. The monoisotopic (exact) mass is 448 g/mol. The zero-order chi connectivity index (χ0) is 23.6. The maximum atomic E-state index is 12.9. The zero-order valence-electron chi connectivity index (χ0n) is 20.6. The van der Waals surface area contributed by atoms with Gasteiger partial charge in [-0.2, -0.15) is 10.6 Å². The Morgan fingerprint density at radius 1 is 1.03 bits per heavy atom. The van der Waals surface area contributed by atoms with Crippen molar-refractivity contribution in [3.63, 3.8) is 0 Å². The Balaban J connectivity index is 1.85. The summed E-state index contributed by atoms with van der Waals surface area (Å²) >= 11 is 0. The number of fused-ring (bicyclic) bond motifs is 1. The lowest BCUT2D eigenvalue weighted by molar-refractivity contribution is -0.266. The van der Waals surface area contributed by atoms with E-state index in [0.717, 1.165) is 34.6 Å². The summed E-state index contributed by atoms with van der Waals surface area (Å²) < 4.78 is 20.5. The number of nitrogens with zero attached hydrogens (tertiary/aromatic N) is 2. The third kappa shape index (κ3) is 4.20. The quantitative estimate of drug-likeness (QED) is 0.633. The smallest absolute Gasteiger partial charge is 0.0699 e. The van der Waals surface area contributed by atoms with Crippen LogP contribution in [0.15, 0.2) is 18.2 Å². The first-order valence-corrected chi connectivity index (χ1v) is 12.4. The molecule has 1 fully saturated rings. The van der Waals surface area contributed by atoms with Crippen molar-refractivity contribution in [2.75, 3.05) is 13.6 Å². The van der Waals surface area contributed by atoms with E-state index in [1.54, 1.807) is 0 Å². The first kappa shape index (κ1) is 24.6. The predicted octanol–water partition coefficient (Wildman–Crippen LogP) is 4.83. The van der Waals surface area contributed by atoms with Crippen molar-refractivity contribution in [2.24, 2.45) is 0 Å². The van der Waals surface area contributed by atoms with Gasteiger partial charge in [0.2, 0.25) is 0 Å². The average Bonchev–Trinajstić information content (AvgIpc) is 2.77. The van der Waals surface area contributed by atoms with E-state index in [1.165, 1.54) is 0 Å². The molecule has 2 heterocycles. The average molecular weight is 449 g/mol. The number of piperidine rings is 1. The molecule has 1 aromatic carbocycles. The molecule has 0 spiro atoms. The Morgan fingerprint density at radius 3 is 2.06 bits per heavy atom. The Labute approximate surface area is 190 Å². The Kier molecular flexibility index (Phi) is 6.20. The molecule has 175 valence electrons. The normalized spacial score (nSPS) is 26.2. The molecule has 1 radical (unpaired) electrons. The topological polar surface area (TPSA) is 79.3 Å². The summed E-state index contributed by atoms with van der Waals surface area (Å²) in [6.45, 7) is 17.3. The van der Waals surface area contributed by atoms with Crippen molar-refractivity contribution < 1.29 is 9.42 Å². The van der Waals surface area contributed by atoms with Crippen LogP contribution in [0.3, 0.4) is 0 Å². The number of rotatable bonds is 5. The summed E-state index contributed by atoms with van der Waals surface area (Å²) in [7, 11) is 0.418. The molecule has 0 aromatic heterocycles. The van der Waals surface area contributed by atoms with Gasteiger partial charge in [0.05, 0.1) is 11.1 Å². The minimum absolute atomic E-state index is 0.0653. The zero-order valence-corrected chi connectivity index (χ0v) is 21.4. The van der Waals surface area contributed by atoms with Crippen molar-refractivity contribution in [2.45, 2.75) is 102 Å². The van der Waals surface area contributed by atoms with Crippen LogP contribution in [0.4, 0.5) is 0 Å². The fourth-order valence-electron chi connectivity index (χ4n) is 5.83. The molecule has 1 unspecified atom stereocenters. The molecule has 0 amide bonds. The minimum atomic E-state index is -1.77. The SMILES string of the molecule is CN1C(C)(C)CC(NCC(c2ccc3c(c2)C(C)(C)N([O])C3(C)C)[S-](=N)=O)CC1(C)C. The van der Waals surface area contributed by atoms with E-state index >= 15 is 0 Å².